The van der Waals surface area contributed by atoms with Crippen LogP contribution in [0.15, 0.2) is 36.4 Å². The standard InChI is InChI=1S/C15H13FO/c1-10-3-4-11(2)14(7-10)15-8-13(16)6-5-12(15)9-17/h3-9H,1-2H3. The van der Waals surface area contributed by atoms with Gasteiger partial charge < -0.3 is 0 Å². The van der Waals surface area contributed by atoms with Gasteiger partial charge >= 0.3 is 0 Å². The van der Waals surface area contributed by atoms with Crippen LogP contribution in [0.1, 0.15) is 21.5 Å². The van der Waals surface area contributed by atoms with E-state index in [2.05, 4.69) is 0 Å². The molecule has 0 heterocycles. The minimum atomic E-state index is -0.327. The second-order valence-electron chi connectivity index (χ2n) is 4.17. The van der Waals surface area contributed by atoms with Crippen LogP contribution in [0.2, 0.25) is 0 Å². The average Bonchev–Trinajstić information content (AvgIpc) is 2.32. The van der Waals surface area contributed by atoms with Gasteiger partial charge in [-0.2, -0.15) is 0 Å². The third-order valence-corrected chi connectivity index (χ3v) is 2.83. The molecule has 1 nitrogen and oxygen atoms in total. The van der Waals surface area contributed by atoms with Crippen LogP contribution in [-0.2, 0) is 0 Å². The summed E-state index contributed by atoms with van der Waals surface area (Å²) < 4.78 is 13.3. The highest BCUT2D eigenvalue weighted by Gasteiger charge is 2.08. The second kappa shape index (κ2) is 4.50. The van der Waals surface area contributed by atoms with Crippen molar-refractivity contribution in [2.75, 3.05) is 0 Å². The third kappa shape index (κ3) is 2.26. The zero-order chi connectivity index (χ0) is 12.4. The summed E-state index contributed by atoms with van der Waals surface area (Å²) in [6.45, 7) is 3.93. The predicted molar refractivity (Wildman–Crippen MR) is 66.7 cm³/mol. The minimum Gasteiger partial charge on any atom is -0.298 e. The Bertz CT molecular complexity index is 573. The summed E-state index contributed by atoms with van der Waals surface area (Å²) in [5.41, 5.74) is 4.20. The van der Waals surface area contributed by atoms with Crippen LogP contribution in [0, 0.1) is 19.7 Å². The normalized spacial score (nSPS) is 10.3. The Hall–Kier alpha value is -1.96. The van der Waals surface area contributed by atoms with Gasteiger partial charge in [0.1, 0.15) is 5.82 Å². The molecule has 0 saturated heterocycles. The highest BCUT2D eigenvalue weighted by atomic mass is 19.1. The molecule has 2 heteroatoms. The van der Waals surface area contributed by atoms with E-state index in [0.717, 1.165) is 23.0 Å². The third-order valence-electron chi connectivity index (χ3n) is 2.83. The maximum Gasteiger partial charge on any atom is 0.150 e. The van der Waals surface area contributed by atoms with E-state index >= 15 is 0 Å². The van der Waals surface area contributed by atoms with Crippen LogP contribution >= 0.6 is 0 Å². The molecule has 0 fully saturated rings. The SMILES string of the molecule is Cc1ccc(C)c(-c2cc(F)ccc2C=O)c1. The Morgan fingerprint density at radius 3 is 2.47 bits per heavy atom. The average molecular weight is 228 g/mol. The Kier molecular flexibility index (Phi) is 3.05. The molecule has 0 bridgehead atoms. The lowest BCUT2D eigenvalue weighted by molar-refractivity contribution is 0.112. The summed E-state index contributed by atoms with van der Waals surface area (Å²) in [6.07, 6.45) is 0.760. The molecule has 0 atom stereocenters. The molecule has 0 amide bonds. The lowest BCUT2D eigenvalue weighted by Crippen LogP contribution is -1.92. The van der Waals surface area contributed by atoms with E-state index in [1.807, 2.05) is 32.0 Å². The Morgan fingerprint density at radius 2 is 1.76 bits per heavy atom. The van der Waals surface area contributed by atoms with Crippen LogP contribution in [0.4, 0.5) is 4.39 Å². The van der Waals surface area contributed by atoms with Gasteiger partial charge in [0.15, 0.2) is 6.29 Å². The first-order valence-electron chi connectivity index (χ1n) is 5.44. The fourth-order valence-electron chi connectivity index (χ4n) is 1.89. The highest BCUT2D eigenvalue weighted by molar-refractivity contribution is 5.88. The summed E-state index contributed by atoms with van der Waals surface area (Å²) >= 11 is 0. The monoisotopic (exact) mass is 228 g/mol. The van der Waals surface area contributed by atoms with Crippen molar-refractivity contribution >= 4 is 6.29 Å². The quantitative estimate of drug-likeness (QED) is 0.712. The van der Waals surface area contributed by atoms with Gasteiger partial charge in [-0.3, -0.25) is 4.79 Å². The number of halogens is 1. The summed E-state index contributed by atoms with van der Waals surface area (Å²) in [4.78, 5) is 11.0. The molecule has 0 aliphatic carbocycles. The number of hydrogen-bond acceptors (Lipinski definition) is 1. The second-order valence-corrected chi connectivity index (χ2v) is 4.17. The number of hydrogen-bond donors (Lipinski definition) is 0. The molecule has 0 radical (unpaired) electrons. The molecule has 17 heavy (non-hydrogen) atoms. The van der Waals surface area contributed by atoms with Gasteiger partial charge in [0.25, 0.3) is 0 Å². The fraction of sp³-hybridized carbons (Fsp3) is 0.133. The van der Waals surface area contributed by atoms with Crippen molar-refractivity contribution in [2.45, 2.75) is 13.8 Å². The molecule has 0 saturated carbocycles. The molecule has 0 spiro atoms. The van der Waals surface area contributed by atoms with Gasteiger partial charge in [-0.25, -0.2) is 4.39 Å². The molecular formula is C15H13FO. The molecule has 2 rings (SSSR count). The lowest BCUT2D eigenvalue weighted by atomic mass is 9.95. The fourth-order valence-corrected chi connectivity index (χ4v) is 1.89. The number of rotatable bonds is 2. The first kappa shape index (κ1) is 11.5. The van der Waals surface area contributed by atoms with E-state index in [4.69, 9.17) is 0 Å². The first-order valence-corrected chi connectivity index (χ1v) is 5.44. The zero-order valence-electron chi connectivity index (χ0n) is 9.83. The molecule has 0 aliphatic heterocycles. The minimum absolute atomic E-state index is 0.327. The van der Waals surface area contributed by atoms with Gasteiger partial charge in [-0.1, -0.05) is 23.8 Å². The van der Waals surface area contributed by atoms with Crippen LogP contribution in [0.25, 0.3) is 11.1 Å². The Morgan fingerprint density at radius 1 is 1.00 bits per heavy atom. The molecular weight excluding hydrogens is 215 g/mol. The summed E-state index contributed by atoms with van der Waals surface area (Å²) in [5.74, 6) is -0.327. The first-order chi connectivity index (χ1) is 8.11. The number of benzene rings is 2. The van der Waals surface area contributed by atoms with E-state index in [-0.39, 0.29) is 5.82 Å². The number of carbonyl (C=O) groups is 1. The Balaban J connectivity index is 2.70. The van der Waals surface area contributed by atoms with Crippen molar-refractivity contribution in [3.63, 3.8) is 0 Å². The van der Waals surface area contributed by atoms with Gasteiger partial charge in [-0.15, -0.1) is 0 Å². The van der Waals surface area contributed by atoms with Gasteiger partial charge in [0.05, 0.1) is 0 Å². The van der Waals surface area contributed by atoms with Crippen LogP contribution < -0.4 is 0 Å². The number of carbonyl (C=O) groups excluding carboxylic acids is 1. The summed E-state index contributed by atoms with van der Waals surface area (Å²) in [5, 5.41) is 0. The summed E-state index contributed by atoms with van der Waals surface area (Å²) in [7, 11) is 0. The van der Waals surface area contributed by atoms with Crippen molar-refractivity contribution in [3.8, 4) is 11.1 Å². The van der Waals surface area contributed by atoms with Crippen molar-refractivity contribution in [3.05, 3.63) is 58.9 Å². The van der Waals surface area contributed by atoms with Crippen LogP contribution in [0.5, 0.6) is 0 Å². The highest BCUT2D eigenvalue weighted by Crippen LogP contribution is 2.27. The maximum atomic E-state index is 13.3. The largest absolute Gasteiger partial charge is 0.298 e. The number of aldehydes is 1. The van der Waals surface area contributed by atoms with E-state index in [9.17, 15) is 9.18 Å². The van der Waals surface area contributed by atoms with Crippen LogP contribution in [-0.4, -0.2) is 6.29 Å². The van der Waals surface area contributed by atoms with Gasteiger partial charge in [-0.05, 0) is 48.7 Å². The molecule has 0 N–H and O–H groups in total. The molecule has 0 aromatic heterocycles. The smallest absolute Gasteiger partial charge is 0.150 e. The molecule has 2 aromatic carbocycles. The van der Waals surface area contributed by atoms with Crippen molar-refractivity contribution in [1.29, 1.82) is 0 Å². The Labute approximate surface area is 99.9 Å². The topological polar surface area (TPSA) is 17.1 Å². The van der Waals surface area contributed by atoms with Gasteiger partial charge in [0.2, 0.25) is 0 Å². The van der Waals surface area contributed by atoms with Crippen molar-refractivity contribution in [2.24, 2.45) is 0 Å². The predicted octanol–water partition coefficient (Wildman–Crippen LogP) is 3.92. The molecule has 0 unspecified atom stereocenters. The zero-order valence-corrected chi connectivity index (χ0v) is 9.83. The van der Waals surface area contributed by atoms with Crippen LogP contribution in [0.3, 0.4) is 0 Å². The molecule has 2 aromatic rings. The lowest BCUT2D eigenvalue weighted by Gasteiger charge is -2.09. The van der Waals surface area contributed by atoms with Gasteiger partial charge in [0, 0.05) is 5.56 Å². The molecule has 86 valence electrons. The van der Waals surface area contributed by atoms with E-state index in [0.29, 0.717) is 11.1 Å². The summed E-state index contributed by atoms with van der Waals surface area (Å²) in [6, 6.07) is 10.2. The van der Waals surface area contributed by atoms with E-state index in [1.54, 1.807) is 0 Å². The van der Waals surface area contributed by atoms with Crippen molar-refractivity contribution in [1.82, 2.24) is 0 Å². The van der Waals surface area contributed by atoms with E-state index < -0.39 is 0 Å². The molecule has 0 aliphatic rings. The van der Waals surface area contributed by atoms with Crippen molar-refractivity contribution < 1.29 is 9.18 Å². The number of aryl methyl sites for hydroxylation is 2. The van der Waals surface area contributed by atoms with E-state index in [1.165, 1.54) is 18.2 Å². The maximum absolute atomic E-state index is 13.3.